The summed E-state index contributed by atoms with van der Waals surface area (Å²) in [7, 11) is 0. The Morgan fingerprint density at radius 2 is 1.69 bits per heavy atom. The molecule has 2 unspecified atom stereocenters. The number of carbonyl (C=O) groups excluding carboxylic acids is 2. The van der Waals surface area contributed by atoms with Crippen molar-refractivity contribution in [2.45, 2.75) is 37.1 Å². The number of nitrogens with one attached hydrogen (secondary N) is 1. The number of fused-ring (bicyclic) bond motifs is 4. The minimum atomic E-state index is -0.971. The van der Waals surface area contributed by atoms with E-state index in [1.165, 1.54) is 0 Å². The Labute approximate surface area is 151 Å². The second-order valence-corrected chi connectivity index (χ2v) is 6.69. The van der Waals surface area contributed by atoms with Crippen LogP contribution in [0.5, 0.6) is 0 Å². The lowest BCUT2D eigenvalue weighted by Gasteiger charge is -2.28. The van der Waals surface area contributed by atoms with Crippen molar-refractivity contribution in [3.05, 3.63) is 59.2 Å². The number of ether oxygens (including phenoxy) is 2. The van der Waals surface area contributed by atoms with Crippen molar-refractivity contribution in [1.82, 2.24) is 5.32 Å². The van der Waals surface area contributed by atoms with E-state index in [-0.39, 0.29) is 6.42 Å². The molecule has 26 heavy (non-hydrogen) atoms. The van der Waals surface area contributed by atoms with Crippen molar-refractivity contribution in [2.75, 3.05) is 6.61 Å². The molecule has 6 nitrogen and oxygen atoms in total. The van der Waals surface area contributed by atoms with Gasteiger partial charge < -0.3 is 9.47 Å². The summed E-state index contributed by atoms with van der Waals surface area (Å²) in [5.74, 6) is -0.824. The van der Waals surface area contributed by atoms with Gasteiger partial charge in [-0.1, -0.05) is 30.3 Å². The van der Waals surface area contributed by atoms with Gasteiger partial charge >= 0.3 is 0 Å². The summed E-state index contributed by atoms with van der Waals surface area (Å²) in [6.45, 7) is 0.850. The zero-order valence-electron chi connectivity index (χ0n) is 14.2. The fraction of sp³-hybridized carbons (Fsp3) is 0.350. The largest absolute Gasteiger partial charge is 0.377 e. The van der Waals surface area contributed by atoms with Crippen LogP contribution in [-0.4, -0.2) is 29.6 Å². The summed E-state index contributed by atoms with van der Waals surface area (Å²) in [5, 5.41) is 11.3. The maximum atomic E-state index is 12.3. The summed E-state index contributed by atoms with van der Waals surface area (Å²) in [6, 6.07) is 11.9. The highest BCUT2D eigenvalue weighted by atomic mass is 16.5. The Hall–Kier alpha value is -2.75. The minimum Gasteiger partial charge on any atom is -0.377 e. The SMILES string of the molecule is N#CCCC12C=CC(CCOCc3ccccc3)(O1)C1=C2C(=O)NC1=O. The monoisotopic (exact) mass is 350 g/mol. The summed E-state index contributed by atoms with van der Waals surface area (Å²) in [5.41, 5.74) is -0.107. The van der Waals surface area contributed by atoms with Gasteiger partial charge in [0.1, 0.15) is 11.2 Å². The quantitative estimate of drug-likeness (QED) is 0.461. The van der Waals surface area contributed by atoms with Gasteiger partial charge in [-0.05, 0) is 24.1 Å². The molecule has 0 spiro atoms. The Morgan fingerprint density at radius 1 is 1.04 bits per heavy atom. The van der Waals surface area contributed by atoms with Crippen LogP contribution in [0.25, 0.3) is 0 Å². The Bertz CT molecular complexity index is 868. The lowest BCUT2D eigenvalue weighted by atomic mass is 9.80. The number of hydrogen-bond donors (Lipinski definition) is 1. The summed E-state index contributed by atoms with van der Waals surface area (Å²) in [4.78, 5) is 24.6. The zero-order chi connectivity index (χ0) is 18.2. The molecule has 3 aliphatic rings. The number of nitrogens with zero attached hydrogens (tertiary/aromatic N) is 1. The van der Waals surface area contributed by atoms with Crippen LogP contribution in [0.15, 0.2) is 53.6 Å². The Kier molecular flexibility index (Phi) is 3.98. The van der Waals surface area contributed by atoms with Crippen molar-refractivity contribution in [3.63, 3.8) is 0 Å². The van der Waals surface area contributed by atoms with Crippen LogP contribution >= 0.6 is 0 Å². The van der Waals surface area contributed by atoms with Crippen LogP contribution in [0.2, 0.25) is 0 Å². The molecular weight excluding hydrogens is 332 g/mol. The molecule has 0 saturated heterocycles. The first-order valence-electron chi connectivity index (χ1n) is 8.60. The molecule has 0 fully saturated rings. The van der Waals surface area contributed by atoms with Gasteiger partial charge in [0.25, 0.3) is 11.8 Å². The number of benzene rings is 1. The molecule has 3 aliphatic heterocycles. The molecule has 1 aromatic carbocycles. The third kappa shape index (κ3) is 2.48. The van der Waals surface area contributed by atoms with E-state index in [0.717, 1.165) is 5.56 Å². The number of carbonyl (C=O) groups is 2. The molecule has 1 N–H and O–H groups in total. The number of rotatable bonds is 7. The Balaban J connectivity index is 1.50. The van der Waals surface area contributed by atoms with Crippen molar-refractivity contribution in [2.24, 2.45) is 0 Å². The maximum Gasteiger partial charge on any atom is 0.257 e. The molecule has 0 aliphatic carbocycles. The first-order chi connectivity index (χ1) is 12.6. The first kappa shape index (κ1) is 16.7. The smallest absolute Gasteiger partial charge is 0.257 e. The van der Waals surface area contributed by atoms with Crippen molar-refractivity contribution >= 4 is 11.8 Å². The van der Waals surface area contributed by atoms with Gasteiger partial charge in [0.15, 0.2) is 0 Å². The van der Waals surface area contributed by atoms with E-state index in [1.807, 2.05) is 42.5 Å². The zero-order valence-corrected chi connectivity index (χ0v) is 14.2. The molecule has 2 amide bonds. The third-order valence-corrected chi connectivity index (χ3v) is 5.10. The molecule has 4 rings (SSSR count). The van der Waals surface area contributed by atoms with Crippen LogP contribution in [0.4, 0.5) is 0 Å². The fourth-order valence-corrected chi connectivity index (χ4v) is 3.94. The number of nitriles is 1. The van der Waals surface area contributed by atoms with Crippen molar-refractivity contribution in [3.8, 4) is 6.07 Å². The Morgan fingerprint density at radius 3 is 2.35 bits per heavy atom. The van der Waals surface area contributed by atoms with Crippen LogP contribution < -0.4 is 5.32 Å². The molecular formula is C20H18N2O4. The first-order valence-corrected chi connectivity index (χ1v) is 8.60. The van der Waals surface area contributed by atoms with Gasteiger partial charge in [-0.3, -0.25) is 14.9 Å². The van der Waals surface area contributed by atoms with Gasteiger partial charge in [0.05, 0.1) is 30.4 Å². The number of hydrogen-bond acceptors (Lipinski definition) is 5. The van der Waals surface area contributed by atoms with Crippen LogP contribution in [-0.2, 0) is 25.7 Å². The summed E-state index contributed by atoms with van der Waals surface area (Å²) in [6.07, 6.45) is 4.69. The molecule has 0 aromatic heterocycles. The van der Waals surface area contributed by atoms with Crippen LogP contribution in [0, 0.1) is 11.3 Å². The van der Waals surface area contributed by atoms with Crippen molar-refractivity contribution in [1.29, 1.82) is 5.26 Å². The summed E-state index contributed by atoms with van der Waals surface area (Å²) >= 11 is 0. The second-order valence-electron chi connectivity index (χ2n) is 6.69. The van der Waals surface area contributed by atoms with E-state index in [1.54, 1.807) is 0 Å². The highest BCUT2D eigenvalue weighted by molar-refractivity contribution is 6.23. The average molecular weight is 350 g/mol. The van der Waals surface area contributed by atoms with E-state index in [0.29, 0.717) is 37.2 Å². The molecule has 0 saturated carbocycles. The van der Waals surface area contributed by atoms with E-state index >= 15 is 0 Å². The molecule has 2 bridgehead atoms. The van der Waals surface area contributed by atoms with Gasteiger partial charge in [-0.15, -0.1) is 0 Å². The highest BCUT2D eigenvalue weighted by Crippen LogP contribution is 2.54. The van der Waals surface area contributed by atoms with Crippen molar-refractivity contribution < 1.29 is 19.1 Å². The highest BCUT2D eigenvalue weighted by Gasteiger charge is 2.63. The predicted molar refractivity (Wildman–Crippen MR) is 91.4 cm³/mol. The van der Waals surface area contributed by atoms with Crippen LogP contribution in [0.3, 0.4) is 0 Å². The van der Waals surface area contributed by atoms with Crippen LogP contribution in [0.1, 0.15) is 24.8 Å². The number of amides is 2. The second kappa shape index (κ2) is 6.20. The lowest BCUT2D eigenvalue weighted by Crippen LogP contribution is -2.40. The van der Waals surface area contributed by atoms with E-state index in [4.69, 9.17) is 14.7 Å². The summed E-state index contributed by atoms with van der Waals surface area (Å²) < 4.78 is 12.0. The molecule has 6 heteroatoms. The molecule has 132 valence electrons. The lowest BCUT2D eigenvalue weighted by molar-refractivity contribution is -0.128. The molecule has 3 heterocycles. The van der Waals surface area contributed by atoms with Gasteiger partial charge in [0.2, 0.25) is 0 Å². The van der Waals surface area contributed by atoms with Gasteiger partial charge in [-0.2, -0.15) is 5.26 Å². The average Bonchev–Trinajstić information content (AvgIpc) is 3.27. The molecule has 2 atom stereocenters. The maximum absolute atomic E-state index is 12.3. The molecule has 0 radical (unpaired) electrons. The number of imide groups is 1. The third-order valence-electron chi connectivity index (χ3n) is 5.10. The van der Waals surface area contributed by atoms with E-state index < -0.39 is 23.0 Å². The normalized spacial score (nSPS) is 28.4. The van der Waals surface area contributed by atoms with Gasteiger partial charge in [-0.25, -0.2) is 0 Å². The van der Waals surface area contributed by atoms with E-state index in [9.17, 15) is 9.59 Å². The topological polar surface area (TPSA) is 88.4 Å². The van der Waals surface area contributed by atoms with Gasteiger partial charge in [0, 0.05) is 12.8 Å². The fourth-order valence-electron chi connectivity index (χ4n) is 3.94. The standard InChI is InChI=1S/C20H18N2O4/c21-11-4-7-19-8-9-20(26-19,16-15(19)17(23)22-18(16)24)10-12-25-13-14-5-2-1-3-6-14/h1-3,5-6,8-9H,4,7,10,12-13H2,(H,22,23,24). The van der Waals surface area contributed by atoms with E-state index in [2.05, 4.69) is 11.4 Å². The minimum absolute atomic E-state index is 0.239. The predicted octanol–water partition coefficient (Wildman–Crippen LogP) is 1.93. The molecule has 1 aromatic rings.